The Morgan fingerprint density at radius 3 is 1.91 bits per heavy atom. The zero-order valence-electron chi connectivity index (χ0n) is 51.2. The molecule has 1 amide bonds. The van der Waals surface area contributed by atoms with E-state index in [1.165, 1.54) is 48.1 Å². The van der Waals surface area contributed by atoms with E-state index < -0.39 is 78.7 Å². The quantitative estimate of drug-likeness (QED) is 0.0497. The maximum absolute atomic E-state index is 14.6. The van der Waals surface area contributed by atoms with Gasteiger partial charge in [0.1, 0.15) is 17.8 Å². The zero-order valence-corrected chi connectivity index (χ0v) is 52.2. The number of ether oxygens (including phenoxy) is 5. The molecule has 3 N–H and O–H groups in total. The molecule has 13 nitrogen and oxygen atoms in total. The summed E-state index contributed by atoms with van der Waals surface area (Å²) in [4.78, 5) is 38.2. The number of cyclic esters (lactones) is 1. The molecule has 0 radical (unpaired) electrons. The van der Waals surface area contributed by atoms with Gasteiger partial charge in [-0.2, -0.15) is 0 Å². The number of rotatable bonds is 22. The van der Waals surface area contributed by atoms with Crippen LogP contribution >= 0.6 is 7.26 Å². The molecule has 4 heterocycles. The van der Waals surface area contributed by atoms with E-state index >= 15 is 0 Å². The van der Waals surface area contributed by atoms with E-state index in [1.807, 2.05) is 58.7 Å². The summed E-state index contributed by atoms with van der Waals surface area (Å²) < 4.78 is 32.4. The Bertz CT molecular complexity index is 2200. The van der Waals surface area contributed by atoms with Gasteiger partial charge in [-0.15, -0.1) is 0 Å². The fourth-order valence-corrected chi connectivity index (χ4v) is 18.6. The third-order valence-corrected chi connectivity index (χ3v) is 23.6. The molecule has 3 aromatic rings. The Balaban J connectivity index is 1.09. The van der Waals surface area contributed by atoms with Crippen molar-refractivity contribution < 1.29 is 48.6 Å². The molecule has 0 aliphatic carbocycles. The predicted molar refractivity (Wildman–Crippen MR) is 325 cm³/mol. The molecule has 0 spiro atoms. The predicted octanol–water partition coefficient (Wildman–Crippen LogP) is 10.3. The summed E-state index contributed by atoms with van der Waals surface area (Å²) in [5.74, 6) is -1.97. The summed E-state index contributed by atoms with van der Waals surface area (Å²) in [6.45, 7) is 17.4. The van der Waals surface area contributed by atoms with Crippen molar-refractivity contribution in [3.8, 4) is 0 Å². The fourth-order valence-electron chi connectivity index (χ4n) is 13.9. The van der Waals surface area contributed by atoms with E-state index in [0.717, 1.165) is 44.7 Å². The number of pyridine rings is 1. The molecule has 80 heavy (non-hydrogen) atoms. The summed E-state index contributed by atoms with van der Waals surface area (Å²) in [6.07, 6.45) is 12.9. The smallest absolute Gasteiger partial charge is 0.101 e. The Hall–Kier alpha value is -3.36. The molecular formula is C66H106N3O10P. The van der Waals surface area contributed by atoms with E-state index in [-0.39, 0.29) is 49.3 Å². The van der Waals surface area contributed by atoms with Crippen LogP contribution in [-0.4, -0.2) is 148 Å². The van der Waals surface area contributed by atoms with Gasteiger partial charge < -0.3 is 48.8 Å². The summed E-state index contributed by atoms with van der Waals surface area (Å²) >= 11 is 0. The number of methoxy groups -OCH3 is 1. The number of aromatic nitrogens is 1. The van der Waals surface area contributed by atoms with Gasteiger partial charge in [0.15, 0.2) is 6.29 Å². The Morgan fingerprint density at radius 1 is 0.762 bits per heavy atom. The molecule has 1 aromatic heterocycles. The first-order chi connectivity index (χ1) is 38.0. The number of carbonyl (C=O) groups is 2. The molecular weight excluding hydrogens is 1030 g/mol. The number of unbranched alkanes of at least 4 members (excludes halogenated alkanes) is 9. The molecule has 0 saturated carbocycles. The van der Waals surface area contributed by atoms with Crippen molar-refractivity contribution in [3.63, 3.8) is 0 Å². The zero-order chi connectivity index (χ0) is 58.3. The Labute approximate surface area is 483 Å². The van der Waals surface area contributed by atoms with Crippen molar-refractivity contribution in [2.24, 2.45) is 17.8 Å². The molecule has 3 aliphatic heterocycles. The molecule has 450 valence electrons. The molecule has 3 saturated heterocycles. The first kappa shape index (κ1) is 65.8. The summed E-state index contributed by atoms with van der Waals surface area (Å²) in [7, 11) is 3.38. The summed E-state index contributed by atoms with van der Waals surface area (Å²) in [5, 5.41) is 39.3. The fraction of sp³-hybridized carbons (Fsp3) is 0.712. The van der Waals surface area contributed by atoms with Crippen molar-refractivity contribution in [3.05, 3.63) is 85.1 Å². The van der Waals surface area contributed by atoms with Gasteiger partial charge in [0.25, 0.3) is 0 Å². The number of aliphatic hydroxyl groups is 3. The van der Waals surface area contributed by atoms with Crippen LogP contribution in [0, 0.1) is 17.8 Å². The van der Waals surface area contributed by atoms with E-state index in [1.54, 1.807) is 21.0 Å². The Morgan fingerprint density at radius 2 is 1.35 bits per heavy atom. The maximum atomic E-state index is 14.6. The van der Waals surface area contributed by atoms with Gasteiger partial charge in [-0.1, -0.05) is 20.8 Å². The number of hydrogen-bond donors (Lipinski definition) is 3. The van der Waals surface area contributed by atoms with Crippen LogP contribution in [0.4, 0.5) is 0 Å². The molecule has 3 fully saturated rings. The largest absolute Gasteiger partial charge is 0.386 e. The average Bonchev–Trinajstić information content (AvgIpc) is 3.44. The number of hydrogen-bond acceptors (Lipinski definition) is 12. The van der Waals surface area contributed by atoms with Crippen LogP contribution in [0.2, 0.25) is 0 Å². The van der Waals surface area contributed by atoms with Crippen molar-refractivity contribution in [2.45, 2.75) is 250 Å². The van der Waals surface area contributed by atoms with Gasteiger partial charge >= 0.3 is 196 Å². The molecule has 2 aromatic carbocycles. The summed E-state index contributed by atoms with van der Waals surface area (Å²) in [5.41, 5.74) is -2.64. The Kier molecular flexibility index (Phi) is 25.0. The van der Waals surface area contributed by atoms with Crippen LogP contribution in [0.3, 0.4) is 0 Å². The van der Waals surface area contributed by atoms with Crippen molar-refractivity contribution >= 4 is 35.2 Å². The second-order valence-corrected chi connectivity index (χ2v) is 29.6. The molecule has 3 aliphatic rings. The second kappa shape index (κ2) is 30.4. The first-order valence-electron chi connectivity index (χ1n) is 30.9. The SMILES string of the molecule is CC[C@H]1OC(=O)[C@H](C)[C@@H](C2C[C@@](C)(OC)[C@@H](O)[C@H](C)O2)C[C@@H](O[C@H]2C[C@@H](N(C)C)C[C@@H](C)O2)[C@](C)(O)C[C@@H](C)CN(C(=O)CCCCCCCCCCCC[PH](c2ccccc2)(c2ccccc2)c2ccccn2)[C@H](C)C[C@]1(C)O. The average molecular weight is 1130 g/mol. The molecule has 0 bridgehead atoms. The number of benzene rings is 2. The number of nitrogens with zero attached hydrogens (tertiary/aromatic N) is 3. The minimum atomic E-state index is -2.31. The van der Waals surface area contributed by atoms with Gasteiger partial charge in [-0.25, -0.2) is 0 Å². The van der Waals surface area contributed by atoms with Crippen LogP contribution in [0.1, 0.15) is 178 Å². The maximum Gasteiger partial charge on any atom is 0.101 e. The topological polar surface area (TPSA) is 160 Å². The number of amides is 1. The van der Waals surface area contributed by atoms with E-state index in [2.05, 4.69) is 98.7 Å². The van der Waals surface area contributed by atoms with Crippen molar-refractivity contribution in [1.82, 2.24) is 14.8 Å². The molecule has 1 unspecified atom stereocenters. The van der Waals surface area contributed by atoms with Crippen LogP contribution in [0.15, 0.2) is 85.1 Å². The van der Waals surface area contributed by atoms with Crippen molar-refractivity contribution in [1.29, 1.82) is 0 Å². The van der Waals surface area contributed by atoms with Crippen LogP contribution in [-0.2, 0) is 33.3 Å². The van der Waals surface area contributed by atoms with Gasteiger partial charge in [-0.3, -0.25) is 9.59 Å². The second-order valence-electron chi connectivity index (χ2n) is 25.7. The third-order valence-electron chi connectivity index (χ3n) is 18.7. The first-order valence-corrected chi connectivity index (χ1v) is 33.1. The molecule has 15 atom stereocenters. The van der Waals surface area contributed by atoms with Crippen molar-refractivity contribution in [2.75, 3.05) is 33.9 Å². The van der Waals surface area contributed by atoms with Crippen LogP contribution in [0.5, 0.6) is 0 Å². The van der Waals surface area contributed by atoms with Gasteiger partial charge in [0.05, 0.1) is 41.5 Å². The molecule has 6 rings (SSSR count). The van der Waals surface area contributed by atoms with Crippen LogP contribution < -0.4 is 16.0 Å². The van der Waals surface area contributed by atoms with E-state index in [4.69, 9.17) is 28.7 Å². The van der Waals surface area contributed by atoms with E-state index in [9.17, 15) is 24.9 Å². The van der Waals surface area contributed by atoms with Gasteiger partial charge in [0, 0.05) is 44.5 Å². The van der Waals surface area contributed by atoms with E-state index in [0.29, 0.717) is 32.2 Å². The number of esters is 1. The monoisotopic (exact) mass is 1130 g/mol. The minimum Gasteiger partial charge on any atom is -0.386 e. The molecule has 14 heteroatoms. The third kappa shape index (κ3) is 17.4. The summed E-state index contributed by atoms with van der Waals surface area (Å²) in [6, 6.07) is 28.3. The minimum absolute atomic E-state index is 0.0246. The van der Waals surface area contributed by atoms with Gasteiger partial charge in [0.2, 0.25) is 5.91 Å². The standard InChI is InChI=1S/C66H106N3O10P/c1-13-57-65(8,74)44-48(3)69(60(70)37-28-20-18-16-14-15-17-19-21-31-39-80(53-32-24-22-25-33-53,54-34-26-23-27-35-54)59-36-29-30-38-67-59)46-47(2)43-64(7,73)58(78-61-41-52(68(10)11)40-49(4)76-61)42-55(50(5)63(72)79-57)56-45-66(9,75-12)62(71)51(6)77-56/h22-27,29-30,32-36,38,47-52,55-58,61-62,71,73-74,80H,13-21,28,31,37,39-46H2,1-12H3/t47-,48-,49-,50-,51+,52+,55+,56?,57-,58-,61+,62+,64-,65+,66-/m1/s1. The number of carbonyl (C=O) groups excluding carboxylic acids is 2. The van der Waals surface area contributed by atoms with Gasteiger partial charge in [-0.05, 0) is 93.7 Å². The number of aliphatic hydroxyl groups excluding tert-OH is 1. The normalized spacial score (nSPS) is 33.6. The van der Waals surface area contributed by atoms with Crippen LogP contribution in [0.25, 0.3) is 0 Å².